The predicted molar refractivity (Wildman–Crippen MR) is 99.7 cm³/mol. The zero-order chi connectivity index (χ0) is 20.9. The Labute approximate surface area is 161 Å². The summed E-state index contributed by atoms with van der Waals surface area (Å²) < 4.78 is 11.5. The lowest BCUT2D eigenvalue weighted by Gasteiger charge is -2.19. The summed E-state index contributed by atoms with van der Waals surface area (Å²) in [5.74, 6) is -1.12. The molecule has 150 valence electrons. The number of carboxylic acids is 1. The number of amides is 2. The molecule has 0 aliphatic heterocycles. The highest BCUT2D eigenvalue weighted by Gasteiger charge is 2.30. The van der Waals surface area contributed by atoms with Crippen molar-refractivity contribution in [3.8, 4) is 11.5 Å². The summed E-state index contributed by atoms with van der Waals surface area (Å²) in [5, 5.41) is 18.2. The second-order valence-electron chi connectivity index (χ2n) is 6.34. The maximum absolute atomic E-state index is 12.2. The standard InChI is InChI=1S/C18H22N4O6/c1-18(2,17(25)26)22-10-12(8-20-22)21-15(23)9-19-16(24)11-5-6-13(27-3)14(7-11)28-4/h5-8,10H,9H2,1-4H3,(H,19,24)(H,21,23)(H,25,26). The highest BCUT2D eigenvalue weighted by molar-refractivity contribution is 5.99. The number of anilines is 1. The monoisotopic (exact) mass is 390 g/mol. The van der Waals surface area contributed by atoms with Gasteiger partial charge in [-0.25, -0.2) is 4.79 Å². The van der Waals surface area contributed by atoms with Gasteiger partial charge in [0.15, 0.2) is 17.0 Å². The molecule has 0 atom stereocenters. The van der Waals surface area contributed by atoms with Crippen LogP contribution in [0.25, 0.3) is 0 Å². The Hall–Kier alpha value is -3.56. The number of carbonyl (C=O) groups excluding carboxylic acids is 2. The Kier molecular flexibility index (Phi) is 6.24. The van der Waals surface area contributed by atoms with Crippen LogP contribution in [0.3, 0.4) is 0 Å². The normalized spacial score (nSPS) is 10.9. The van der Waals surface area contributed by atoms with Crippen molar-refractivity contribution < 1.29 is 29.0 Å². The SMILES string of the molecule is COc1ccc(C(=O)NCC(=O)Nc2cnn(C(C)(C)C(=O)O)c2)cc1OC. The number of aromatic nitrogens is 2. The Balaban J connectivity index is 1.95. The number of rotatable bonds is 8. The molecular weight excluding hydrogens is 368 g/mol. The van der Waals surface area contributed by atoms with Crippen molar-refractivity contribution in [3.05, 3.63) is 36.2 Å². The summed E-state index contributed by atoms with van der Waals surface area (Å²) in [6, 6.07) is 4.64. The number of hydrogen-bond acceptors (Lipinski definition) is 6. The van der Waals surface area contributed by atoms with Gasteiger partial charge in [-0.2, -0.15) is 5.10 Å². The van der Waals surface area contributed by atoms with Crippen molar-refractivity contribution in [1.82, 2.24) is 15.1 Å². The molecule has 1 aromatic carbocycles. The van der Waals surface area contributed by atoms with Gasteiger partial charge in [0.1, 0.15) is 0 Å². The van der Waals surface area contributed by atoms with E-state index in [1.165, 1.54) is 51.2 Å². The lowest BCUT2D eigenvalue weighted by Crippen LogP contribution is -2.36. The quantitative estimate of drug-likeness (QED) is 0.615. The van der Waals surface area contributed by atoms with Crippen LogP contribution in [0.15, 0.2) is 30.6 Å². The van der Waals surface area contributed by atoms with E-state index in [0.717, 1.165) is 0 Å². The van der Waals surface area contributed by atoms with Crippen LogP contribution in [0.5, 0.6) is 11.5 Å². The van der Waals surface area contributed by atoms with Crippen LogP contribution in [-0.4, -0.2) is 53.4 Å². The molecular formula is C18H22N4O6. The summed E-state index contributed by atoms with van der Waals surface area (Å²) in [4.78, 5) is 35.5. The molecule has 0 spiro atoms. The minimum atomic E-state index is -1.26. The fourth-order valence-electron chi connectivity index (χ4n) is 2.24. The third-order valence-corrected chi connectivity index (χ3v) is 4.02. The minimum Gasteiger partial charge on any atom is -0.493 e. The molecule has 0 bridgehead atoms. The summed E-state index contributed by atoms with van der Waals surface area (Å²) in [6.45, 7) is 2.69. The number of methoxy groups -OCH3 is 2. The van der Waals surface area contributed by atoms with Crippen LogP contribution in [0.2, 0.25) is 0 Å². The number of carbonyl (C=O) groups is 3. The first kappa shape index (κ1) is 20.7. The van der Waals surface area contributed by atoms with E-state index in [4.69, 9.17) is 9.47 Å². The number of ether oxygens (including phenoxy) is 2. The molecule has 0 aliphatic carbocycles. The summed E-state index contributed by atoms with van der Waals surface area (Å²) >= 11 is 0. The van der Waals surface area contributed by atoms with Crippen molar-refractivity contribution in [2.24, 2.45) is 0 Å². The van der Waals surface area contributed by atoms with Gasteiger partial charge in [0.25, 0.3) is 5.91 Å². The molecule has 0 saturated heterocycles. The highest BCUT2D eigenvalue weighted by atomic mass is 16.5. The Morgan fingerprint density at radius 1 is 1.18 bits per heavy atom. The van der Waals surface area contributed by atoms with Crippen molar-refractivity contribution in [3.63, 3.8) is 0 Å². The second kappa shape index (κ2) is 8.42. The van der Waals surface area contributed by atoms with Gasteiger partial charge in [-0.3, -0.25) is 14.3 Å². The number of nitrogens with one attached hydrogen (secondary N) is 2. The summed E-state index contributed by atoms with van der Waals surface area (Å²) in [5.41, 5.74) is -0.633. The Morgan fingerprint density at radius 2 is 1.86 bits per heavy atom. The van der Waals surface area contributed by atoms with Crippen LogP contribution in [0.1, 0.15) is 24.2 Å². The van der Waals surface area contributed by atoms with Crippen LogP contribution in [0, 0.1) is 0 Å². The lowest BCUT2D eigenvalue weighted by molar-refractivity contribution is -0.146. The third kappa shape index (κ3) is 4.58. The Morgan fingerprint density at radius 3 is 2.46 bits per heavy atom. The molecule has 1 aromatic heterocycles. The molecule has 28 heavy (non-hydrogen) atoms. The number of aliphatic carboxylic acids is 1. The van der Waals surface area contributed by atoms with Gasteiger partial charge in [0, 0.05) is 11.8 Å². The largest absolute Gasteiger partial charge is 0.493 e. The van der Waals surface area contributed by atoms with Crippen molar-refractivity contribution >= 4 is 23.5 Å². The fraction of sp³-hybridized carbons (Fsp3) is 0.333. The van der Waals surface area contributed by atoms with Crippen molar-refractivity contribution in [1.29, 1.82) is 0 Å². The van der Waals surface area contributed by atoms with E-state index in [-0.39, 0.29) is 6.54 Å². The second-order valence-corrected chi connectivity index (χ2v) is 6.34. The lowest BCUT2D eigenvalue weighted by atomic mass is 10.1. The number of nitrogens with zero attached hydrogens (tertiary/aromatic N) is 2. The van der Waals surface area contributed by atoms with Crippen LogP contribution in [0.4, 0.5) is 5.69 Å². The van der Waals surface area contributed by atoms with Gasteiger partial charge in [0.2, 0.25) is 5.91 Å². The highest BCUT2D eigenvalue weighted by Crippen LogP contribution is 2.27. The zero-order valence-electron chi connectivity index (χ0n) is 16.0. The number of benzene rings is 1. The van der Waals surface area contributed by atoms with Gasteiger partial charge in [-0.05, 0) is 32.0 Å². The summed E-state index contributed by atoms with van der Waals surface area (Å²) in [6.07, 6.45) is 2.74. The van der Waals surface area contributed by atoms with E-state index in [1.807, 2.05) is 0 Å². The van der Waals surface area contributed by atoms with E-state index < -0.39 is 23.3 Å². The van der Waals surface area contributed by atoms with Crippen LogP contribution >= 0.6 is 0 Å². The average molecular weight is 390 g/mol. The van der Waals surface area contributed by atoms with Crippen LogP contribution in [-0.2, 0) is 15.1 Å². The van der Waals surface area contributed by atoms with Gasteiger partial charge < -0.3 is 25.2 Å². The first-order valence-electron chi connectivity index (χ1n) is 8.27. The smallest absolute Gasteiger partial charge is 0.331 e. The van der Waals surface area contributed by atoms with E-state index in [0.29, 0.717) is 22.7 Å². The van der Waals surface area contributed by atoms with E-state index in [1.54, 1.807) is 12.1 Å². The third-order valence-electron chi connectivity index (χ3n) is 4.02. The maximum atomic E-state index is 12.2. The summed E-state index contributed by atoms with van der Waals surface area (Å²) in [7, 11) is 2.94. The molecule has 10 nitrogen and oxygen atoms in total. The Bertz CT molecular complexity index is 890. The molecule has 0 aliphatic rings. The van der Waals surface area contributed by atoms with E-state index in [2.05, 4.69) is 15.7 Å². The molecule has 1 heterocycles. The molecule has 10 heteroatoms. The number of hydrogen-bond donors (Lipinski definition) is 3. The zero-order valence-corrected chi connectivity index (χ0v) is 16.0. The van der Waals surface area contributed by atoms with E-state index >= 15 is 0 Å². The van der Waals surface area contributed by atoms with Gasteiger partial charge in [-0.1, -0.05) is 0 Å². The number of carboxylic acid groups (broad SMARTS) is 1. The maximum Gasteiger partial charge on any atom is 0.331 e. The molecule has 2 rings (SSSR count). The van der Waals surface area contributed by atoms with Crippen LogP contribution < -0.4 is 20.1 Å². The first-order valence-corrected chi connectivity index (χ1v) is 8.27. The van der Waals surface area contributed by atoms with Crippen molar-refractivity contribution in [2.75, 3.05) is 26.1 Å². The molecule has 0 radical (unpaired) electrons. The fourth-order valence-corrected chi connectivity index (χ4v) is 2.24. The molecule has 2 aromatic rings. The molecule has 3 N–H and O–H groups in total. The minimum absolute atomic E-state index is 0.277. The van der Waals surface area contributed by atoms with Gasteiger partial charge >= 0.3 is 5.97 Å². The molecule has 2 amide bonds. The van der Waals surface area contributed by atoms with E-state index in [9.17, 15) is 19.5 Å². The molecule has 0 unspecified atom stereocenters. The van der Waals surface area contributed by atoms with Gasteiger partial charge in [-0.15, -0.1) is 0 Å². The molecule has 0 saturated carbocycles. The predicted octanol–water partition coefficient (Wildman–Crippen LogP) is 1.09. The molecule has 0 fully saturated rings. The topological polar surface area (TPSA) is 132 Å². The van der Waals surface area contributed by atoms with Gasteiger partial charge in [0.05, 0.1) is 32.6 Å². The van der Waals surface area contributed by atoms with Crippen molar-refractivity contribution in [2.45, 2.75) is 19.4 Å². The first-order chi connectivity index (χ1) is 13.2. The average Bonchev–Trinajstić information content (AvgIpc) is 3.14.